The molecule has 3 heterocycles. The van der Waals surface area contributed by atoms with Crippen LogP contribution in [0.15, 0.2) is 12.4 Å². The molecule has 0 saturated carbocycles. The molecule has 7 heteroatoms. The van der Waals surface area contributed by atoms with Crippen LogP contribution in [0.4, 0.5) is 0 Å². The maximum Gasteiger partial charge on any atom is 0.268 e. The number of carbonyl (C=O) groups is 1. The highest BCUT2D eigenvalue weighted by molar-refractivity contribution is 5.93. The third-order valence-corrected chi connectivity index (χ3v) is 3.68. The van der Waals surface area contributed by atoms with Gasteiger partial charge in [-0.2, -0.15) is 0 Å². The lowest BCUT2D eigenvalue weighted by molar-refractivity contribution is 0.0855. The fraction of sp³-hybridized carbons (Fsp3) is 0.429. The molecule has 0 atom stereocenters. The van der Waals surface area contributed by atoms with Crippen LogP contribution in [0.2, 0.25) is 0 Å². The summed E-state index contributed by atoms with van der Waals surface area (Å²) in [5, 5.41) is 0. The smallest absolute Gasteiger partial charge is 0.268 e. The Morgan fingerprint density at radius 2 is 2.05 bits per heavy atom. The summed E-state index contributed by atoms with van der Waals surface area (Å²) in [4.78, 5) is 24.2. The van der Waals surface area contributed by atoms with E-state index in [0.29, 0.717) is 22.8 Å². The van der Waals surface area contributed by atoms with Gasteiger partial charge in [0.1, 0.15) is 5.69 Å². The molecule has 1 aliphatic rings. The summed E-state index contributed by atoms with van der Waals surface area (Å²) in [5.41, 5.74) is 7.55. The Labute approximate surface area is 121 Å². The van der Waals surface area contributed by atoms with Crippen LogP contribution in [0, 0.1) is 0 Å². The zero-order valence-corrected chi connectivity index (χ0v) is 11.7. The van der Waals surface area contributed by atoms with Gasteiger partial charge in [0.2, 0.25) is 5.88 Å². The van der Waals surface area contributed by atoms with E-state index in [1.165, 1.54) is 13.3 Å². The van der Waals surface area contributed by atoms with Crippen LogP contribution >= 0.6 is 0 Å². The number of nitrogens with two attached hydrogens (primary N) is 1. The molecule has 21 heavy (non-hydrogen) atoms. The average molecular weight is 288 g/mol. The molecule has 0 bridgehead atoms. The van der Waals surface area contributed by atoms with E-state index in [9.17, 15) is 4.79 Å². The third-order valence-electron chi connectivity index (χ3n) is 3.68. The van der Waals surface area contributed by atoms with Crippen LogP contribution < -0.4 is 10.5 Å². The molecule has 110 valence electrons. The van der Waals surface area contributed by atoms with E-state index in [4.69, 9.17) is 15.2 Å². The SMILES string of the molecule is COc1ncc(C2CCOCC2)c2ncc(C(N)=O)nc12. The molecule has 2 N–H and O–H groups in total. The topological polar surface area (TPSA) is 100 Å². The fourth-order valence-electron chi connectivity index (χ4n) is 2.58. The van der Waals surface area contributed by atoms with Gasteiger partial charge in [0, 0.05) is 25.0 Å². The van der Waals surface area contributed by atoms with Crippen LogP contribution in [0.3, 0.4) is 0 Å². The van der Waals surface area contributed by atoms with Gasteiger partial charge in [-0.1, -0.05) is 0 Å². The molecule has 0 unspecified atom stereocenters. The third kappa shape index (κ3) is 2.52. The van der Waals surface area contributed by atoms with Gasteiger partial charge in [-0.3, -0.25) is 9.78 Å². The normalized spacial score (nSPS) is 16.0. The van der Waals surface area contributed by atoms with Crippen LogP contribution in [0.5, 0.6) is 5.88 Å². The van der Waals surface area contributed by atoms with Crippen LogP contribution in [-0.2, 0) is 4.74 Å². The monoisotopic (exact) mass is 288 g/mol. The quantitative estimate of drug-likeness (QED) is 0.905. The maximum atomic E-state index is 11.3. The minimum absolute atomic E-state index is 0.103. The molecule has 1 saturated heterocycles. The first-order valence-corrected chi connectivity index (χ1v) is 6.78. The predicted molar refractivity (Wildman–Crippen MR) is 75.2 cm³/mol. The first kappa shape index (κ1) is 13.7. The number of primary amides is 1. The number of hydrogen-bond donors (Lipinski definition) is 1. The predicted octanol–water partition coefficient (Wildman–Crippen LogP) is 1.03. The Hall–Kier alpha value is -2.28. The van der Waals surface area contributed by atoms with Gasteiger partial charge in [0.05, 0.1) is 18.8 Å². The lowest BCUT2D eigenvalue weighted by Crippen LogP contribution is -2.16. The standard InChI is InChI=1S/C14H16N4O3/c1-20-14-12-11(16-7-10(18-12)13(15)19)9(6-17-14)8-2-4-21-5-3-8/h6-8H,2-5H2,1H3,(H2,15,19). The van der Waals surface area contributed by atoms with Crippen molar-refractivity contribution in [1.29, 1.82) is 0 Å². The summed E-state index contributed by atoms with van der Waals surface area (Å²) in [6.07, 6.45) is 5.01. The van der Waals surface area contributed by atoms with Crippen molar-refractivity contribution in [3.8, 4) is 5.88 Å². The molecular formula is C14H16N4O3. The van der Waals surface area contributed by atoms with Crippen molar-refractivity contribution in [3.63, 3.8) is 0 Å². The first-order chi connectivity index (χ1) is 10.2. The Morgan fingerprint density at radius 3 is 2.71 bits per heavy atom. The molecule has 0 spiro atoms. The number of methoxy groups -OCH3 is 1. The second-order valence-corrected chi connectivity index (χ2v) is 4.93. The van der Waals surface area contributed by atoms with Crippen molar-refractivity contribution >= 4 is 16.9 Å². The number of hydrogen-bond acceptors (Lipinski definition) is 6. The van der Waals surface area contributed by atoms with Crippen molar-refractivity contribution in [3.05, 3.63) is 23.7 Å². The Bertz CT molecular complexity index is 683. The van der Waals surface area contributed by atoms with Gasteiger partial charge in [0.25, 0.3) is 5.91 Å². The molecule has 1 fully saturated rings. The average Bonchev–Trinajstić information content (AvgIpc) is 2.54. The van der Waals surface area contributed by atoms with Crippen molar-refractivity contribution in [2.75, 3.05) is 20.3 Å². The number of amides is 1. The van der Waals surface area contributed by atoms with E-state index >= 15 is 0 Å². The molecule has 0 aliphatic carbocycles. The first-order valence-electron chi connectivity index (χ1n) is 6.78. The summed E-state index contributed by atoms with van der Waals surface area (Å²) in [6, 6.07) is 0. The summed E-state index contributed by atoms with van der Waals surface area (Å²) < 4.78 is 10.6. The van der Waals surface area contributed by atoms with Crippen molar-refractivity contribution in [1.82, 2.24) is 15.0 Å². The van der Waals surface area contributed by atoms with Crippen molar-refractivity contribution < 1.29 is 14.3 Å². The molecular weight excluding hydrogens is 272 g/mol. The van der Waals surface area contributed by atoms with Crippen LogP contribution in [0.25, 0.3) is 11.0 Å². The van der Waals surface area contributed by atoms with Crippen molar-refractivity contribution in [2.45, 2.75) is 18.8 Å². The van der Waals surface area contributed by atoms with E-state index in [0.717, 1.165) is 31.6 Å². The Balaban J connectivity index is 2.15. The zero-order valence-electron chi connectivity index (χ0n) is 11.7. The molecule has 0 aromatic carbocycles. The Morgan fingerprint density at radius 1 is 1.29 bits per heavy atom. The number of ether oxygens (including phenoxy) is 2. The molecule has 3 rings (SSSR count). The highest BCUT2D eigenvalue weighted by Crippen LogP contribution is 2.33. The number of nitrogens with zero attached hydrogens (tertiary/aromatic N) is 3. The van der Waals surface area contributed by atoms with E-state index < -0.39 is 5.91 Å². The number of rotatable bonds is 3. The Kier molecular flexibility index (Phi) is 3.66. The molecule has 2 aromatic heterocycles. The maximum absolute atomic E-state index is 11.3. The highest BCUT2D eigenvalue weighted by Gasteiger charge is 2.22. The van der Waals surface area contributed by atoms with Gasteiger partial charge >= 0.3 is 0 Å². The van der Waals surface area contributed by atoms with E-state index in [1.54, 1.807) is 6.20 Å². The molecule has 2 aromatic rings. The molecule has 0 radical (unpaired) electrons. The van der Waals surface area contributed by atoms with E-state index in [1.807, 2.05) is 0 Å². The lowest BCUT2D eigenvalue weighted by Gasteiger charge is -2.23. The van der Waals surface area contributed by atoms with Crippen LogP contribution in [-0.4, -0.2) is 41.2 Å². The minimum Gasteiger partial charge on any atom is -0.479 e. The summed E-state index contributed by atoms with van der Waals surface area (Å²) in [6.45, 7) is 1.45. The number of aromatic nitrogens is 3. The van der Waals surface area contributed by atoms with Gasteiger partial charge in [0.15, 0.2) is 5.52 Å². The van der Waals surface area contributed by atoms with Gasteiger partial charge in [-0.05, 0) is 18.8 Å². The highest BCUT2D eigenvalue weighted by atomic mass is 16.5. The fourth-order valence-corrected chi connectivity index (χ4v) is 2.58. The summed E-state index contributed by atoms with van der Waals surface area (Å²) in [5.74, 6) is 0.0488. The zero-order chi connectivity index (χ0) is 14.8. The summed E-state index contributed by atoms with van der Waals surface area (Å²) in [7, 11) is 1.51. The number of carbonyl (C=O) groups excluding carboxylic acids is 1. The largest absolute Gasteiger partial charge is 0.479 e. The molecule has 7 nitrogen and oxygen atoms in total. The molecule has 1 amide bonds. The van der Waals surface area contributed by atoms with Crippen LogP contribution in [0.1, 0.15) is 34.8 Å². The minimum atomic E-state index is -0.622. The van der Waals surface area contributed by atoms with E-state index in [2.05, 4.69) is 15.0 Å². The number of pyridine rings is 1. The van der Waals surface area contributed by atoms with E-state index in [-0.39, 0.29) is 5.69 Å². The van der Waals surface area contributed by atoms with Gasteiger partial charge in [-0.25, -0.2) is 9.97 Å². The second-order valence-electron chi connectivity index (χ2n) is 4.93. The molecule has 1 aliphatic heterocycles. The lowest BCUT2D eigenvalue weighted by atomic mass is 9.92. The van der Waals surface area contributed by atoms with Crippen molar-refractivity contribution in [2.24, 2.45) is 5.73 Å². The van der Waals surface area contributed by atoms with Gasteiger partial charge in [-0.15, -0.1) is 0 Å². The number of fused-ring (bicyclic) bond motifs is 1. The summed E-state index contributed by atoms with van der Waals surface area (Å²) >= 11 is 0. The van der Waals surface area contributed by atoms with Gasteiger partial charge < -0.3 is 15.2 Å². The second kappa shape index (κ2) is 5.61.